The smallest absolute Gasteiger partial charge is 0.332 e. The van der Waals surface area contributed by atoms with E-state index in [9.17, 15) is 9.59 Å². The zero-order chi connectivity index (χ0) is 15.3. The van der Waals surface area contributed by atoms with E-state index >= 15 is 0 Å². The van der Waals surface area contributed by atoms with E-state index in [2.05, 4.69) is 26.6 Å². The van der Waals surface area contributed by atoms with E-state index < -0.39 is 18.1 Å². The molecule has 1 aromatic carbocycles. The van der Waals surface area contributed by atoms with E-state index in [1.807, 2.05) is 26.0 Å². The van der Waals surface area contributed by atoms with Crippen molar-refractivity contribution < 1.29 is 19.8 Å². The van der Waals surface area contributed by atoms with Crippen LogP contribution in [-0.2, 0) is 4.79 Å². The number of carbonyl (C=O) groups excluding carboxylic acids is 1. The minimum Gasteiger partial charge on any atom is -0.479 e. The molecule has 1 aromatic rings. The third kappa shape index (κ3) is 4.82. The van der Waals surface area contributed by atoms with Crippen molar-refractivity contribution in [2.24, 2.45) is 0 Å². The number of benzene rings is 1. The van der Waals surface area contributed by atoms with E-state index in [0.717, 1.165) is 15.6 Å². The Morgan fingerprint density at radius 2 is 1.85 bits per heavy atom. The predicted molar refractivity (Wildman–Crippen MR) is 78.9 cm³/mol. The number of aliphatic hydroxyl groups excluding tert-OH is 1. The lowest BCUT2D eigenvalue weighted by Gasteiger charge is -2.11. The van der Waals surface area contributed by atoms with Gasteiger partial charge in [-0.3, -0.25) is 0 Å². The molecule has 0 heterocycles. The molecule has 0 radical (unpaired) electrons. The fourth-order valence-corrected chi connectivity index (χ4v) is 1.87. The van der Waals surface area contributed by atoms with Crippen LogP contribution in [0.25, 0.3) is 0 Å². The standard InChI is InChI=1S/C13H17BrN2O4/c1-7-5-9(6-8(2)11(7)14)16-13(20)15-4-3-10(17)12(18)19/h5-6,10,17H,3-4H2,1-2H3,(H,18,19)(H2,15,16,20). The van der Waals surface area contributed by atoms with Gasteiger partial charge in [-0.2, -0.15) is 0 Å². The molecule has 0 bridgehead atoms. The lowest BCUT2D eigenvalue weighted by molar-refractivity contribution is -0.146. The van der Waals surface area contributed by atoms with E-state index in [-0.39, 0.29) is 13.0 Å². The lowest BCUT2D eigenvalue weighted by atomic mass is 10.1. The minimum atomic E-state index is -1.47. The molecule has 20 heavy (non-hydrogen) atoms. The van der Waals surface area contributed by atoms with Crippen LogP contribution < -0.4 is 10.6 Å². The SMILES string of the molecule is Cc1cc(NC(=O)NCCC(O)C(=O)O)cc(C)c1Br. The van der Waals surface area contributed by atoms with Crippen LogP contribution >= 0.6 is 15.9 Å². The number of carboxylic acid groups (broad SMARTS) is 1. The number of aliphatic carboxylic acids is 1. The van der Waals surface area contributed by atoms with Crippen molar-refractivity contribution in [2.75, 3.05) is 11.9 Å². The fourth-order valence-electron chi connectivity index (χ4n) is 1.64. The van der Waals surface area contributed by atoms with Gasteiger partial charge in [-0.25, -0.2) is 9.59 Å². The summed E-state index contributed by atoms with van der Waals surface area (Å²) in [5.41, 5.74) is 2.66. The first-order valence-corrected chi connectivity index (χ1v) is 6.83. The first kappa shape index (κ1) is 16.5. The molecule has 1 unspecified atom stereocenters. The van der Waals surface area contributed by atoms with E-state index in [1.165, 1.54) is 0 Å². The number of aliphatic hydroxyl groups is 1. The maximum Gasteiger partial charge on any atom is 0.332 e. The summed E-state index contributed by atoms with van der Waals surface area (Å²) >= 11 is 3.44. The van der Waals surface area contributed by atoms with E-state index in [4.69, 9.17) is 10.2 Å². The van der Waals surface area contributed by atoms with Gasteiger partial charge in [-0.05, 0) is 37.1 Å². The second kappa shape index (κ2) is 7.25. The Kier molecular flexibility index (Phi) is 5.97. The number of rotatable bonds is 5. The van der Waals surface area contributed by atoms with Crippen molar-refractivity contribution in [3.63, 3.8) is 0 Å². The Balaban J connectivity index is 2.49. The largest absolute Gasteiger partial charge is 0.479 e. The van der Waals surface area contributed by atoms with Crippen LogP contribution in [0.2, 0.25) is 0 Å². The van der Waals surface area contributed by atoms with Gasteiger partial charge in [0.15, 0.2) is 6.10 Å². The zero-order valence-corrected chi connectivity index (χ0v) is 12.8. The molecule has 0 saturated carbocycles. The number of nitrogens with one attached hydrogen (secondary N) is 2. The van der Waals surface area contributed by atoms with Gasteiger partial charge in [0.1, 0.15) is 0 Å². The summed E-state index contributed by atoms with van der Waals surface area (Å²) in [6.07, 6.45) is -1.51. The number of anilines is 1. The maximum atomic E-state index is 11.6. The van der Waals surface area contributed by atoms with Crippen molar-refractivity contribution in [3.05, 3.63) is 27.7 Å². The van der Waals surface area contributed by atoms with Gasteiger partial charge in [-0.15, -0.1) is 0 Å². The molecule has 2 amide bonds. The summed E-state index contributed by atoms with van der Waals surface area (Å²) in [6, 6.07) is 3.20. The van der Waals surface area contributed by atoms with Crippen LogP contribution in [0.15, 0.2) is 16.6 Å². The Labute approximate surface area is 125 Å². The van der Waals surface area contributed by atoms with Crippen LogP contribution in [0.1, 0.15) is 17.5 Å². The van der Waals surface area contributed by atoms with Crippen LogP contribution in [0.3, 0.4) is 0 Å². The summed E-state index contributed by atoms with van der Waals surface area (Å²) in [6.45, 7) is 3.92. The summed E-state index contributed by atoms with van der Waals surface area (Å²) in [5.74, 6) is -1.30. The summed E-state index contributed by atoms with van der Waals surface area (Å²) < 4.78 is 0.994. The average molecular weight is 345 g/mol. The Morgan fingerprint density at radius 1 is 1.30 bits per heavy atom. The minimum absolute atomic E-state index is 0.0405. The number of carboxylic acids is 1. The molecule has 0 fully saturated rings. The monoisotopic (exact) mass is 344 g/mol. The highest BCUT2D eigenvalue weighted by Gasteiger charge is 2.13. The molecule has 7 heteroatoms. The zero-order valence-electron chi connectivity index (χ0n) is 11.2. The van der Waals surface area contributed by atoms with Gasteiger partial charge in [0.25, 0.3) is 0 Å². The molecule has 0 aliphatic carbocycles. The number of carbonyl (C=O) groups is 2. The van der Waals surface area contributed by atoms with Gasteiger partial charge in [0.2, 0.25) is 0 Å². The van der Waals surface area contributed by atoms with Gasteiger partial charge in [0.05, 0.1) is 0 Å². The quantitative estimate of drug-likeness (QED) is 0.656. The number of urea groups is 1. The molecule has 0 aliphatic rings. The molecule has 0 aliphatic heterocycles. The molecule has 1 rings (SSSR count). The van der Waals surface area contributed by atoms with Crippen molar-refractivity contribution in [1.29, 1.82) is 0 Å². The number of hydrogen-bond donors (Lipinski definition) is 4. The molecule has 0 saturated heterocycles. The van der Waals surface area contributed by atoms with E-state index in [1.54, 1.807) is 0 Å². The van der Waals surface area contributed by atoms with Crippen molar-refractivity contribution in [3.8, 4) is 0 Å². The summed E-state index contributed by atoms with van der Waals surface area (Å²) in [7, 11) is 0. The van der Waals surface area contributed by atoms with Crippen molar-refractivity contribution in [1.82, 2.24) is 5.32 Å². The molecule has 110 valence electrons. The molecule has 0 spiro atoms. The van der Waals surface area contributed by atoms with Crippen LogP contribution in [0.5, 0.6) is 0 Å². The molecule has 6 nitrogen and oxygen atoms in total. The Bertz CT molecular complexity index is 496. The summed E-state index contributed by atoms with van der Waals surface area (Å²) in [5, 5.41) is 22.7. The van der Waals surface area contributed by atoms with Gasteiger partial charge in [0, 0.05) is 23.1 Å². The summed E-state index contributed by atoms with van der Waals surface area (Å²) in [4.78, 5) is 22.0. The Morgan fingerprint density at radius 3 is 2.35 bits per heavy atom. The van der Waals surface area contributed by atoms with Crippen LogP contribution in [0.4, 0.5) is 10.5 Å². The maximum absolute atomic E-state index is 11.6. The molecular formula is C13H17BrN2O4. The second-order valence-electron chi connectivity index (χ2n) is 4.45. The van der Waals surface area contributed by atoms with Crippen molar-refractivity contribution >= 4 is 33.6 Å². The van der Waals surface area contributed by atoms with Crippen molar-refractivity contribution in [2.45, 2.75) is 26.4 Å². The van der Waals surface area contributed by atoms with E-state index in [0.29, 0.717) is 5.69 Å². The Hall–Kier alpha value is -1.60. The highest BCUT2D eigenvalue weighted by atomic mass is 79.9. The number of amides is 2. The third-order valence-corrected chi connectivity index (χ3v) is 3.93. The average Bonchev–Trinajstić information content (AvgIpc) is 2.35. The topological polar surface area (TPSA) is 98.7 Å². The second-order valence-corrected chi connectivity index (χ2v) is 5.24. The molecular weight excluding hydrogens is 328 g/mol. The number of hydrogen-bond acceptors (Lipinski definition) is 3. The molecule has 0 aromatic heterocycles. The van der Waals surface area contributed by atoms with Gasteiger partial charge in [-0.1, -0.05) is 15.9 Å². The van der Waals surface area contributed by atoms with Gasteiger partial charge < -0.3 is 20.8 Å². The first-order chi connectivity index (χ1) is 9.31. The predicted octanol–water partition coefficient (Wildman–Crippen LogP) is 2.02. The first-order valence-electron chi connectivity index (χ1n) is 6.03. The fraction of sp³-hybridized carbons (Fsp3) is 0.385. The highest BCUT2D eigenvalue weighted by Crippen LogP contribution is 2.24. The van der Waals surface area contributed by atoms with Gasteiger partial charge >= 0.3 is 12.0 Å². The number of halogens is 1. The van der Waals surface area contributed by atoms with Crippen LogP contribution in [0, 0.1) is 13.8 Å². The number of aryl methyl sites for hydroxylation is 2. The van der Waals surface area contributed by atoms with Crippen LogP contribution in [-0.4, -0.2) is 34.9 Å². The normalized spacial score (nSPS) is 11.8. The molecule has 1 atom stereocenters. The molecule has 4 N–H and O–H groups in total. The highest BCUT2D eigenvalue weighted by molar-refractivity contribution is 9.10. The third-order valence-electron chi connectivity index (χ3n) is 2.68. The lowest BCUT2D eigenvalue weighted by Crippen LogP contribution is -2.33.